The quantitative estimate of drug-likeness (QED) is 0.383. The fraction of sp³-hybridized carbons (Fsp3) is 0.250. The van der Waals surface area contributed by atoms with E-state index in [9.17, 15) is 18.0 Å². The monoisotopic (exact) mass is 486 g/mol. The number of anilines is 2. The number of alkyl halides is 3. The zero-order valence-electron chi connectivity index (χ0n) is 16.2. The van der Waals surface area contributed by atoms with E-state index in [0.29, 0.717) is 16.0 Å². The zero-order valence-corrected chi connectivity index (χ0v) is 18.6. The van der Waals surface area contributed by atoms with Crippen molar-refractivity contribution >= 4 is 51.4 Å². The molecule has 0 saturated heterocycles. The molecule has 0 bridgehead atoms. The maximum atomic E-state index is 13.2. The number of thioether (sulfide) groups is 1. The van der Waals surface area contributed by atoms with Crippen molar-refractivity contribution in [1.29, 1.82) is 0 Å². The van der Waals surface area contributed by atoms with Crippen LogP contribution >= 0.6 is 34.7 Å². The number of carbonyl (C=O) groups is 1. The largest absolute Gasteiger partial charge is 0.418 e. The number of halogens is 4. The van der Waals surface area contributed by atoms with Gasteiger partial charge in [0.15, 0.2) is 4.34 Å². The standard InChI is InChI=1S/C20H18ClF3N4OS2/c1-12(17(29)26-16-8-7-14(21)11-15(16)20(22,23)24)30-19-28-27-18(31-19)25-10-9-13-5-3-2-4-6-13/h2-8,11-12H,9-10H2,1H3,(H,25,27)(H,26,29). The second-order valence-electron chi connectivity index (χ2n) is 6.47. The Kier molecular flexibility index (Phi) is 7.79. The van der Waals surface area contributed by atoms with Crippen LogP contribution in [0.4, 0.5) is 24.0 Å². The fourth-order valence-electron chi connectivity index (χ4n) is 2.59. The predicted molar refractivity (Wildman–Crippen MR) is 119 cm³/mol. The molecule has 1 atom stereocenters. The van der Waals surface area contributed by atoms with Crippen LogP contribution in [-0.4, -0.2) is 27.9 Å². The second kappa shape index (κ2) is 10.3. The van der Waals surface area contributed by atoms with Gasteiger partial charge in [0.05, 0.1) is 16.5 Å². The summed E-state index contributed by atoms with van der Waals surface area (Å²) in [5.74, 6) is -0.577. The summed E-state index contributed by atoms with van der Waals surface area (Å²) in [6.07, 6.45) is -3.81. The molecule has 11 heteroatoms. The first kappa shape index (κ1) is 23.4. The predicted octanol–water partition coefficient (Wildman–Crippen LogP) is 5.98. The molecule has 1 heterocycles. The molecule has 1 aromatic heterocycles. The van der Waals surface area contributed by atoms with E-state index in [1.165, 1.54) is 23.0 Å². The third-order valence-corrected chi connectivity index (χ3v) is 6.43. The second-order valence-corrected chi connectivity index (χ2v) is 9.47. The number of benzene rings is 2. The molecule has 2 N–H and O–H groups in total. The Morgan fingerprint density at radius 2 is 1.94 bits per heavy atom. The number of aromatic nitrogens is 2. The van der Waals surface area contributed by atoms with Gasteiger partial charge < -0.3 is 10.6 Å². The van der Waals surface area contributed by atoms with Gasteiger partial charge in [-0.1, -0.05) is 65.0 Å². The number of hydrogen-bond acceptors (Lipinski definition) is 6. The van der Waals surface area contributed by atoms with Crippen LogP contribution in [0.15, 0.2) is 52.9 Å². The van der Waals surface area contributed by atoms with E-state index in [-0.39, 0.29) is 10.7 Å². The van der Waals surface area contributed by atoms with Crippen molar-refractivity contribution in [3.8, 4) is 0 Å². The molecule has 0 aliphatic rings. The van der Waals surface area contributed by atoms with Gasteiger partial charge in [0, 0.05) is 11.6 Å². The van der Waals surface area contributed by atoms with Gasteiger partial charge in [-0.2, -0.15) is 13.2 Å². The summed E-state index contributed by atoms with van der Waals surface area (Å²) in [4.78, 5) is 12.4. The molecule has 0 spiro atoms. The smallest absolute Gasteiger partial charge is 0.360 e. The third-order valence-electron chi connectivity index (χ3n) is 4.13. The molecule has 1 unspecified atom stereocenters. The lowest BCUT2D eigenvalue weighted by Crippen LogP contribution is -2.24. The van der Waals surface area contributed by atoms with Crippen LogP contribution in [-0.2, 0) is 17.4 Å². The Morgan fingerprint density at radius 1 is 1.19 bits per heavy atom. The number of carbonyl (C=O) groups excluding carboxylic acids is 1. The minimum Gasteiger partial charge on any atom is -0.360 e. The summed E-state index contributed by atoms with van der Waals surface area (Å²) in [5, 5.41) is 13.5. The van der Waals surface area contributed by atoms with Crippen LogP contribution in [0.3, 0.4) is 0 Å². The summed E-state index contributed by atoms with van der Waals surface area (Å²) in [6, 6.07) is 13.2. The number of nitrogens with one attached hydrogen (secondary N) is 2. The van der Waals surface area contributed by atoms with Crippen molar-refractivity contribution in [1.82, 2.24) is 10.2 Å². The maximum absolute atomic E-state index is 13.2. The lowest BCUT2D eigenvalue weighted by molar-refractivity contribution is -0.137. The minimum absolute atomic E-state index is 0.0612. The van der Waals surface area contributed by atoms with Crippen LogP contribution in [0.25, 0.3) is 0 Å². The number of hydrogen-bond donors (Lipinski definition) is 2. The van der Waals surface area contributed by atoms with E-state index in [4.69, 9.17) is 11.6 Å². The average molecular weight is 487 g/mol. The van der Waals surface area contributed by atoms with Gasteiger partial charge >= 0.3 is 6.18 Å². The number of nitrogens with zero attached hydrogens (tertiary/aromatic N) is 2. The van der Waals surface area contributed by atoms with E-state index in [2.05, 4.69) is 20.8 Å². The van der Waals surface area contributed by atoms with Crippen LogP contribution in [0, 0.1) is 0 Å². The maximum Gasteiger partial charge on any atom is 0.418 e. The highest BCUT2D eigenvalue weighted by Crippen LogP contribution is 2.37. The highest BCUT2D eigenvalue weighted by atomic mass is 35.5. The molecule has 3 rings (SSSR count). The van der Waals surface area contributed by atoms with E-state index >= 15 is 0 Å². The Balaban J connectivity index is 1.55. The first-order valence-corrected chi connectivity index (χ1v) is 11.3. The van der Waals surface area contributed by atoms with Crippen LogP contribution < -0.4 is 10.6 Å². The van der Waals surface area contributed by atoms with Crippen LogP contribution in [0.1, 0.15) is 18.1 Å². The molecule has 0 aliphatic heterocycles. The van der Waals surface area contributed by atoms with Crippen molar-refractivity contribution in [3.63, 3.8) is 0 Å². The molecule has 5 nitrogen and oxygen atoms in total. The normalized spacial score (nSPS) is 12.4. The molecule has 1 amide bonds. The van der Waals surface area contributed by atoms with Crippen molar-refractivity contribution in [2.24, 2.45) is 0 Å². The van der Waals surface area contributed by atoms with Gasteiger partial charge in [-0.3, -0.25) is 4.79 Å². The summed E-state index contributed by atoms with van der Waals surface area (Å²) < 4.78 is 40.1. The van der Waals surface area contributed by atoms with Gasteiger partial charge in [0.1, 0.15) is 0 Å². The van der Waals surface area contributed by atoms with Crippen LogP contribution in [0.5, 0.6) is 0 Å². The average Bonchev–Trinajstić information content (AvgIpc) is 3.16. The summed E-state index contributed by atoms with van der Waals surface area (Å²) >= 11 is 8.07. The fourth-order valence-corrected chi connectivity index (χ4v) is 4.68. The van der Waals surface area contributed by atoms with Gasteiger partial charge in [-0.05, 0) is 37.1 Å². The molecular weight excluding hydrogens is 469 g/mol. The third kappa shape index (κ3) is 6.84. The van der Waals surface area contributed by atoms with Gasteiger partial charge in [-0.15, -0.1) is 10.2 Å². The zero-order chi connectivity index (χ0) is 22.4. The topological polar surface area (TPSA) is 66.9 Å². The first-order valence-electron chi connectivity index (χ1n) is 9.18. The summed E-state index contributed by atoms with van der Waals surface area (Å²) in [5.41, 5.74) is -0.138. The van der Waals surface area contributed by atoms with Crippen molar-refractivity contribution in [2.75, 3.05) is 17.2 Å². The van der Waals surface area contributed by atoms with E-state index < -0.39 is 22.9 Å². The number of amides is 1. The molecular formula is C20H18ClF3N4OS2. The summed E-state index contributed by atoms with van der Waals surface area (Å²) in [7, 11) is 0. The SMILES string of the molecule is CC(Sc1nnc(NCCc2ccccc2)s1)C(=O)Nc1ccc(Cl)cc1C(F)(F)F. The van der Waals surface area contributed by atoms with E-state index in [0.717, 1.165) is 30.3 Å². The van der Waals surface area contributed by atoms with E-state index in [1.807, 2.05) is 30.3 Å². The molecule has 2 aromatic carbocycles. The van der Waals surface area contributed by atoms with Gasteiger partial charge in [0.2, 0.25) is 11.0 Å². The Labute approximate surface area is 190 Å². The Morgan fingerprint density at radius 3 is 2.65 bits per heavy atom. The highest BCUT2D eigenvalue weighted by Gasteiger charge is 2.34. The van der Waals surface area contributed by atoms with Crippen molar-refractivity contribution in [3.05, 3.63) is 64.7 Å². The molecule has 0 fully saturated rings. The molecule has 0 radical (unpaired) electrons. The lowest BCUT2D eigenvalue weighted by Gasteiger charge is -2.16. The molecule has 0 saturated carbocycles. The number of rotatable bonds is 8. The molecule has 164 valence electrons. The van der Waals surface area contributed by atoms with E-state index in [1.54, 1.807) is 6.92 Å². The summed E-state index contributed by atoms with van der Waals surface area (Å²) in [6.45, 7) is 2.27. The van der Waals surface area contributed by atoms with Gasteiger partial charge in [0.25, 0.3) is 0 Å². The van der Waals surface area contributed by atoms with Crippen molar-refractivity contribution in [2.45, 2.75) is 29.1 Å². The van der Waals surface area contributed by atoms with Crippen LogP contribution in [0.2, 0.25) is 5.02 Å². The molecule has 3 aromatic rings. The van der Waals surface area contributed by atoms with Gasteiger partial charge in [-0.25, -0.2) is 0 Å². The molecule has 0 aliphatic carbocycles. The Bertz CT molecular complexity index is 1030. The van der Waals surface area contributed by atoms with Crippen molar-refractivity contribution < 1.29 is 18.0 Å². The minimum atomic E-state index is -4.64. The Hall–Kier alpha value is -2.30. The highest BCUT2D eigenvalue weighted by molar-refractivity contribution is 8.02. The first-order chi connectivity index (χ1) is 14.7. The molecule has 31 heavy (non-hydrogen) atoms. The lowest BCUT2D eigenvalue weighted by atomic mass is 10.1.